The number of fused-ring (bicyclic) bond motifs is 1. The van der Waals surface area contributed by atoms with Crippen LogP contribution in [0.3, 0.4) is 0 Å². The van der Waals surface area contributed by atoms with Gasteiger partial charge < -0.3 is 9.30 Å². The predicted molar refractivity (Wildman–Crippen MR) is 83.1 cm³/mol. The first-order valence-corrected chi connectivity index (χ1v) is 7.09. The maximum Gasteiger partial charge on any atom is 0.274 e. The van der Waals surface area contributed by atoms with Crippen LogP contribution in [-0.4, -0.2) is 22.3 Å². The number of hydrogen-bond acceptors (Lipinski definition) is 3. The van der Waals surface area contributed by atoms with E-state index in [0.717, 1.165) is 10.9 Å². The van der Waals surface area contributed by atoms with Gasteiger partial charge in [-0.3, -0.25) is 10.0 Å². The normalized spacial score (nSPS) is 10.7. The number of hydroxylamine groups is 1. The van der Waals surface area contributed by atoms with E-state index in [0.29, 0.717) is 24.5 Å². The summed E-state index contributed by atoms with van der Waals surface area (Å²) in [7, 11) is 0. The second-order valence-electron chi connectivity index (χ2n) is 5.03. The quantitative estimate of drug-likeness (QED) is 0.562. The molecule has 3 rings (SSSR count). The summed E-state index contributed by atoms with van der Waals surface area (Å²) in [6, 6.07) is 13.1. The van der Waals surface area contributed by atoms with Crippen LogP contribution in [-0.2, 0) is 6.54 Å². The minimum atomic E-state index is -0.560. The molecule has 0 bridgehead atoms. The Bertz CT molecular complexity index is 845. The molecule has 3 aromatic rings. The molecule has 0 unspecified atom stereocenters. The number of nitrogens with zero attached hydrogens (tertiary/aromatic N) is 1. The Morgan fingerprint density at radius 1 is 1.22 bits per heavy atom. The summed E-state index contributed by atoms with van der Waals surface area (Å²) in [5.41, 5.74) is 2.84. The average molecular weight is 314 g/mol. The van der Waals surface area contributed by atoms with Gasteiger partial charge in [-0.15, -0.1) is 0 Å². The molecule has 0 radical (unpaired) electrons. The van der Waals surface area contributed by atoms with Gasteiger partial charge in [-0.25, -0.2) is 9.87 Å². The van der Waals surface area contributed by atoms with Crippen LogP contribution in [0.15, 0.2) is 54.7 Å². The molecule has 0 atom stereocenters. The third-order valence-electron chi connectivity index (χ3n) is 3.53. The van der Waals surface area contributed by atoms with E-state index >= 15 is 0 Å². The molecule has 1 aromatic heterocycles. The first-order valence-electron chi connectivity index (χ1n) is 7.09. The Labute approximate surface area is 131 Å². The molecule has 0 saturated carbocycles. The van der Waals surface area contributed by atoms with E-state index in [9.17, 15) is 9.18 Å². The van der Waals surface area contributed by atoms with E-state index in [1.165, 1.54) is 12.1 Å². The van der Waals surface area contributed by atoms with Crippen molar-refractivity contribution < 1.29 is 19.1 Å². The molecule has 1 amide bonds. The number of hydrogen-bond donors (Lipinski definition) is 2. The van der Waals surface area contributed by atoms with Crippen LogP contribution in [0.5, 0.6) is 5.75 Å². The van der Waals surface area contributed by atoms with Crippen molar-refractivity contribution in [2.45, 2.75) is 6.54 Å². The summed E-state index contributed by atoms with van der Waals surface area (Å²) in [6.07, 6.45) is 1.89. The van der Waals surface area contributed by atoms with Crippen LogP contribution in [0.1, 0.15) is 10.4 Å². The number of carbonyl (C=O) groups is 1. The lowest BCUT2D eigenvalue weighted by Crippen LogP contribution is -2.18. The molecular weight excluding hydrogens is 299 g/mol. The van der Waals surface area contributed by atoms with Gasteiger partial charge >= 0.3 is 0 Å². The van der Waals surface area contributed by atoms with Crippen molar-refractivity contribution in [1.82, 2.24) is 10.0 Å². The molecular formula is C17H15FN2O3. The zero-order valence-corrected chi connectivity index (χ0v) is 12.2. The molecule has 0 aliphatic rings. The van der Waals surface area contributed by atoms with E-state index in [1.54, 1.807) is 29.7 Å². The number of amides is 1. The Morgan fingerprint density at radius 2 is 2.09 bits per heavy atom. The van der Waals surface area contributed by atoms with Gasteiger partial charge in [0, 0.05) is 23.3 Å². The number of benzene rings is 2. The number of rotatable bonds is 5. The minimum absolute atomic E-state index is 0.339. The smallest absolute Gasteiger partial charge is 0.274 e. The highest BCUT2D eigenvalue weighted by Gasteiger charge is 2.08. The van der Waals surface area contributed by atoms with E-state index in [4.69, 9.17) is 9.94 Å². The highest BCUT2D eigenvalue weighted by Crippen LogP contribution is 2.18. The fourth-order valence-corrected chi connectivity index (χ4v) is 2.40. The third kappa shape index (κ3) is 3.32. The van der Waals surface area contributed by atoms with Crippen molar-refractivity contribution in [3.05, 3.63) is 66.1 Å². The van der Waals surface area contributed by atoms with Crippen molar-refractivity contribution in [2.24, 2.45) is 0 Å². The maximum absolute atomic E-state index is 13.1. The van der Waals surface area contributed by atoms with Crippen LogP contribution >= 0.6 is 0 Å². The van der Waals surface area contributed by atoms with Crippen LogP contribution in [0.4, 0.5) is 4.39 Å². The van der Waals surface area contributed by atoms with Crippen molar-refractivity contribution in [2.75, 3.05) is 6.61 Å². The van der Waals surface area contributed by atoms with Gasteiger partial charge in [0.15, 0.2) is 0 Å². The number of ether oxygens (including phenoxy) is 1. The van der Waals surface area contributed by atoms with Gasteiger partial charge in [-0.05, 0) is 35.7 Å². The molecule has 6 heteroatoms. The summed E-state index contributed by atoms with van der Waals surface area (Å²) in [6.45, 7) is 0.911. The summed E-state index contributed by atoms with van der Waals surface area (Å²) < 4.78 is 20.5. The molecule has 118 valence electrons. The highest BCUT2D eigenvalue weighted by molar-refractivity contribution is 5.97. The zero-order chi connectivity index (χ0) is 16.2. The van der Waals surface area contributed by atoms with Gasteiger partial charge in [0.1, 0.15) is 18.2 Å². The SMILES string of the molecule is O=C(NO)c1ccc2ccn(CCOc3cccc(F)c3)c2c1. The van der Waals surface area contributed by atoms with Crippen LogP contribution in [0, 0.1) is 5.82 Å². The van der Waals surface area contributed by atoms with Gasteiger partial charge in [0.2, 0.25) is 0 Å². The minimum Gasteiger partial charge on any atom is -0.492 e. The molecule has 0 saturated heterocycles. The third-order valence-corrected chi connectivity index (χ3v) is 3.53. The molecule has 0 fully saturated rings. The molecule has 23 heavy (non-hydrogen) atoms. The summed E-state index contributed by atoms with van der Waals surface area (Å²) >= 11 is 0. The number of carbonyl (C=O) groups excluding carboxylic acids is 1. The Morgan fingerprint density at radius 3 is 2.87 bits per heavy atom. The van der Waals surface area contributed by atoms with Gasteiger partial charge in [-0.1, -0.05) is 12.1 Å². The van der Waals surface area contributed by atoms with Crippen LogP contribution in [0.2, 0.25) is 0 Å². The standard InChI is InChI=1S/C17H15FN2O3/c18-14-2-1-3-15(11-14)23-9-8-20-7-6-12-4-5-13(10-16(12)20)17(21)19-22/h1-7,10-11,22H,8-9H2,(H,19,21). The molecule has 0 spiro atoms. The monoisotopic (exact) mass is 314 g/mol. The lowest BCUT2D eigenvalue weighted by Gasteiger charge is -2.09. The van der Waals surface area contributed by atoms with Gasteiger partial charge in [-0.2, -0.15) is 0 Å². The van der Waals surface area contributed by atoms with Crippen LogP contribution < -0.4 is 10.2 Å². The van der Waals surface area contributed by atoms with Gasteiger partial charge in [0.05, 0.1) is 6.54 Å². The lowest BCUT2D eigenvalue weighted by atomic mass is 10.1. The second-order valence-corrected chi connectivity index (χ2v) is 5.03. The molecule has 2 aromatic carbocycles. The zero-order valence-electron chi connectivity index (χ0n) is 12.2. The van der Waals surface area contributed by atoms with Crippen molar-refractivity contribution in [3.8, 4) is 5.75 Å². The summed E-state index contributed by atoms with van der Waals surface area (Å²) in [5, 5.41) is 9.69. The Balaban J connectivity index is 1.73. The molecule has 0 aliphatic heterocycles. The molecule has 2 N–H and O–H groups in total. The Hall–Kier alpha value is -2.86. The lowest BCUT2D eigenvalue weighted by molar-refractivity contribution is 0.0706. The van der Waals surface area contributed by atoms with E-state index in [2.05, 4.69) is 0 Å². The fraction of sp³-hybridized carbons (Fsp3) is 0.118. The Kier molecular flexibility index (Phi) is 4.25. The van der Waals surface area contributed by atoms with Crippen molar-refractivity contribution in [3.63, 3.8) is 0 Å². The molecule has 0 aliphatic carbocycles. The number of nitrogens with one attached hydrogen (secondary N) is 1. The van der Waals surface area contributed by atoms with Gasteiger partial charge in [0.25, 0.3) is 5.91 Å². The number of aromatic nitrogens is 1. The van der Waals surface area contributed by atoms with Crippen LogP contribution in [0.25, 0.3) is 10.9 Å². The molecule has 5 nitrogen and oxygen atoms in total. The first kappa shape index (κ1) is 15.1. The number of halogens is 1. The summed E-state index contributed by atoms with van der Waals surface area (Å²) in [5.74, 6) is -0.425. The first-order chi connectivity index (χ1) is 11.2. The van der Waals surface area contributed by atoms with E-state index in [1.807, 2.05) is 22.9 Å². The predicted octanol–water partition coefficient (Wildman–Crippen LogP) is 2.98. The van der Waals surface area contributed by atoms with E-state index in [-0.39, 0.29) is 5.82 Å². The second kappa shape index (κ2) is 6.50. The van der Waals surface area contributed by atoms with E-state index < -0.39 is 5.91 Å². The van der Waals surface area contributed by atoms with Crippen molar-refractivity contribution >= 4 is 16.8 Å². The fourth-order valence-electron chi connectivity index (χ4n) is 2.40. The average Bonchev–Trinajstić information content (AvgIpc) is 2.96. The van der Waals surface area contributed by atoms with Crippen molar-refractivity contribution in [1.29, 1.82) is 0 Å². The summed E-state index contributed by atoms with van der Waals surface area (Å²) in [4.78, 5) is 11.5. The largest absolute Gasteiger partial charge is 0.492 e. The maximum atomic E-state index is 13.1. The molecule has 1 heterocycles. The topological polar surface area (TPSA) is 63.5 Å². The highest BCUT2D eigenvalue weighted by atomic mass is 19.1.